The molecule has 0 bridgehead atoms. The molecule has 4 heterocycles. The highest BCUT2D eigenvalue weighted by Gasteiger charge is 2.21. The second-order valence-electron chi connectivity index (χ2n) is 9.51. The average Bonchev–Trinajstić information content (AvgIpc) is 3.44. The Kier molecular flexibility index (Phi) is 9.13. The number of carbonyl (C=O) groups excluding carboxylic acids is 1. The molecule has 0 aliphatic carbocycles. The predicted molar refractivity (Wildman–Crippen MR) is 166 cm³/mol. The molecule has 2 aliphatic rings. The van der Waals surface area contributed by atoms with Gasteiger partial charge in [0.15, 0.2) is 4.34 Å². The number of anilines is 5. The number of rotatable bonds is 10. The zero-order valence-electron chi connectivity index (χ0n) is 23.2. The van der Waals surface area contributed by atoms with Crippen LogP contribution in [-0.2, 0) is 14.3 Å². The molecule has 2 N–H and O–H groups in total. The molecule has 220 valence electrons. The summed E-state index contributed by atoms with van der Waals surface area (Å²) in [5, 5.41) is 6.31. The fourth-order valence-corrected chi connectivity index (χ4v) is 6.46. The molecule has 12 nitrogen and oxygen atoms in total. The summed E-state index contributed by atoms with van der Waals surface area (Å²) < 4.78 is 18.5. The molecule has 42 heavy (non-hydrogen) atoms. The van der Waals surface area contributed by atoms with Crippen LogP contribution >= 0.6 is 23.1 Å². The summed E-state index contributed by atoms with van der Waals surface area (Å²) >= 11 is 2.95. The van der Waals surface area contributed by atoms with Crippen LogP contribution < -0.4 is 25.2 Å². The fourth-order valence-electron chi connectivity index (χ4n) is 4.56. The van der Waals surface area contributed by atoms with Crippen molar-refractivity contribution >= 4 is 68.4 Å². The first kappa shape index (κ1) is 28.4. The van der Waals surface area contributed by atoms with E-state index in [1.165, 1.54) is 11.8 Å². The van der Waals surface area contributed by atoms with Gasteiger partial charge >= 0.3 is 0 Å². The van der Waals surface area contributed by atoms with Crippen LogP contribution in [0.3, 0.4) is 0 Å². The Hall–Kier alpha value is -3.72. The van der Waals surface area contributed by atoms with Crippen molar-refractivity contribution in [3.05, 3.63) is 42.5 Å². The smallest absolute Gasteiger partial charge is 0.234 e. The van der Waals surface area contributed by atoms with Crippen LogP contribution in [0.1, 0.15) is 6.92 Å². The number of nitrogens with zero attached hydrogens (tertiary/aromatic N) is 6. The molecule has 0 radical (unpaired) electrons. The van der Waals surface area contributed by atoms with Gasteiger partial charge in [0.25, 0.3) is 0 Å². The molecule has 0 unspecified atom stereocenters. The number of para-hydroxylation sites is 2. The molecule has 0 spiro atoms. The van der Waals surface area contributed by atoms with Crippen molar-refractivity contribution in [1.82, 2.24) is 19.9 Å². The zero-order valence-corrected chi connectivity index (χ0v) is 24.9. The zero-order chi connectivity index (χ0) is 28.7. The first-order valence-corrected chi connectivity index (χ1v) is 15.7. The highest BCUT2D eigenvalue weighted by atomic mass is 32.2. The van der Waals surface area contributed by atoms with Crippen LogP contribution in [0.15, 0.2) is 46.8 Å². The van der Waals surface area contributed by atoms with Gasteiger partial charge in [-0.1, -0.05) is 23.9 Å². The molecule has 0 atom stereocenters. The quantitative estimate of drug-likeness (QED) is 0.253. The van der Waals surface area contributed by atoms with Gasteiger partial charge < -0.3 is 34.6 Å². The lowest BCUT2D eigenvalue weighted by molar-refractivity contribution is -0.113. The Labute approximate surface area is 251 Å². The van der Waals surface area contributed by atoms with E-state index in [2.05, 4.69) is 20.4 Å². The van der Waals surface area contributed by atoms with E-state index in [9.17, 15) is 4.79 Å². The van der Waals surface area contributed by atoms with Gasteiger partial charge in [-0.25, -0.2) is 4.98 Å². The van der Waals surface area contributed by atoms with Crippen LogP contribution in [0.2, 0.25) is 0 Å². The van der Waals surface area contributed by atoms with Gasteiger partial charge in [-0.2, -0.15) is 15.0 Å². The molecule has 1 amide bonds. The number of carbonyl (C=O) groups is 1. The van der Waals surface area contributed by atoms with Crippen LogP contribution in [0.25, 0.3) is 10.2 Å². The number of thioether (sulfide) groups is 1. The summed E-state index contributed by atoms with van der Waals surface area (Å²) in [7, 11) is 0. The normalized spacial score (nSPS) is 15.5. The molecular weight excluding hydrogens is 576 g/mol. The number of nitrogens with one attached hydrogen (secondary N) is 2. The van der Waals surface area contributed by atoms with E-state index in [-0.39, 0.29) is 11.7 Å². The van der Waals surface area contributed by atoms with Crippen LogP contribution in [-0.4, -0.2) is 90.8 Å². The first-order chi connectivity index (χ1) is 20.6. The number of thiazole rings is 1. The SMILES string of the molecule is CCOc1ccccc1NC(=O)CSc1nc2ccc(Nc3nc(N4CCOCC4)nc(N4CCOCC4)n3)cc2s1. The van der Waals surface area contributed by atoms with E-state index in [1.807, 2.05) is 49.4 Å². The van der Waals surface area contributed by atoms with E-state index in [0.717, 1.165) is 46.4 Å². The van der Waals surface area contributed by atoms with E-state index < -0.39 is 0 Å². The molecule has 2 aromatic carbocycles. The number of hydrogen-bond acceptors (Lipinski definition) is 13. The minimum Gasteiger partial charge on any atom is -0.492 e. The molecule has 2 fully saturated rings. The van der Waals surface area contributed by atoms with Crippen LogP contribution in [0.5, 0.6) is 5.75 Å². The Morgan fingerprint density at radius 1 is 0.952 bits per heavy atom. The molecule has 2 saturated heterocycles. The second-order valence-corrected chi connectivity index (χ2v) is 11.8. The number of benzene rings is 2. The summed E-state index contributed by atoms with van der Waals surface area (Å²) in [6.45, 7) is 7.95. The number of ether oxygens (including phenoxy) is 3. The molecule has 2 aromatic heterocycles. The Bertz CT molecular complexity index is 1490. The lowest BCUT2D eigenvalue weighted by Gasteiger charge is -2.30. The molecule has 0 saturated carbocycles. The van der Waals surface area contributed by atoms with E-state index in [4.69, 9.17) is 34.1 Å². The fraction of sp³-hybridized carbons (Fsp3) is 0.393. The minimum absolute atomic E-state index is 0.115. The molecule has 4 aromatic rings. The van der Waals surface area contributed by atoms with Gasteiger partial charge in [-0.15, -0.1) is 11.3 Å². The van der Waals surface area contributed by atoms with Crippen LogP contribution in [0, 0.1) is 0 Å². The molecule has 6 rings (SSSR count). The van der Waals surface area contributed by atoms with Gasteiger partial charge in [0, 0.05) is 31.9 Å². The Morgan fingerprint density at radius 3 is 2.33 bits per heavy atom. The van der Waals surface area contributed by atoms with Crippen molar-refractivity contribution < 1.29 is 19.0 Å². The lowest BCUT2D eigenvalue weighted by Crippen LogP contribution is -2.40. The largest absolute Gasteiger partial charge is 0.492 e. The highest BCUT2D eigenvalue weighted by molar-refractivity contribution is 8.01. The number of fused-ring (bicyclic) bond motifs is 1. The van der Waals surface area contributed by atoms with Crippen molar-refractivity contribution in [2.24, 2.45) is 0 Å². The Balaban J connectivity index is 1.15. The van der Waals surface area contributed by atoms with Gasteiger partial charge in [-0.05, 0) is 37.3 Å². The summed E-state index contributed by atoms with van der Waals surface area (Å²) in [6.07, 6.45) is 0. The third kappa shape index (κ3) is 7.01. The number of aromatic nitrogens is 4. The Morgan fingerprint density at radius 2 is 1.64 bits per heavy atom. The molecular formula is C28H32N8O4S2. The van der Waals surface area contributed by atoms with Crippen LogP contribution in [0.4, 0.5) is 29.2 Å². The average molecular weight is 609 g/mol. The van der Waals surface area contributed by atoms with Crippen molar-refractivity contribution in [2.45, 2.75) is 11.3 Å². The van der Waals surface area contributed by atoms with Gasteiger partial charge in [0.05, 0.1) is 54.7 Å². The van der Waals surface area contributed by atoms with Gasteiger partial charge in [0.1, 0.15) is 5.75 Å². The second kappa shape index (κ2) is 13.5. The maximum Gasteiger partial charge on any atom is 0.234 e. The van der Waals surface area contributed by atoms with E-state index in [0.29, 0.717) is 62.3 Å². The predicted octanol–water partition coefficient (Wildman–Crippen LogP) is 4.03. The third-order valence-electron chi connectivity index (χ3n) is 6.61. The summed E-state index contributed by atoms with van der Waals surface area (Å²) in [5.74, 6) is 2.54. The number of hydrogen-bond donors (Lipinski definition) is 2. The van der Waals surface area contributed by atoms with Crippen molar-refractivity contribution in [1.29, 1.82) is 0 Å². The van der Waals surface area contributed by atoms with Gasteiger partial charge in [-0.3, -0.25) is 4.79 Å². The number of morpholine rings is 2. The standard InChI is InChI=1S/C28H32N8O4S2/c1-2-40-22-6-4-3-5-20(22)30-24(37)18-41-28-31-21-8-7-19(17-23(21)42-28)29-25-32-26(35-9-13-38-14-10-35)34-27(33-25)36-11-15-39-16-12-36/h3-8,17H,2,9-16,18H2,1H3,(H,30,37)(H,29,32,33,34). The van der Waals surface area contributed by atoms with E-state index >= 15 is 0 Å². The summed E-state index contributed by atoms with van der Waals surface area (Å²) in [4.78, 5) is 35.9. The monoisotopic (exact) mass is 608 g/mol. The van der Waals surface area contributed by atoms with Crippen molar-refractivity contribution in [3.63, 3.8) is 0 Å². The van der Waals surface area contributed by atoms with Gasteiger partial charge in [0.2, 0.25) is 23.8 Å². The number of amides is 1. The minimum atomic E-state index is -0.115. The topological polar surface area (TPSA) is 127 Å². The summed E-state index contributed by atoms with van der Waals surface area (Å²) in [5.41, 5.74) is 2.38. The lowest BCUT2D eigenvalue weighted by atomic mass is 10.3. The van der Waals surface area contributed by atoms with E-state index in [1.54, 1.807) is 11.3 Å². The molecule has 2 aliphatic heterocycles. The van der Waals surface area contributed by atoms with Crippen molar-refractivity contribution in [2.75, 3.05) is 85.4 Å². The third-order valence-corrected chi connectivity index (χ3v) is 8.77. The maximum atomic E-state index is 12.6. The van der Waals surface area contributed by atoms with Crippen molar-refractivity contribution in [3.8, 4) is 5.75 Å². The first-order valence-electron chi connectivity index (χ1n) is 13.9. The maximum absolute atomic E-state index is 12.6. The molecule has 14 heteroatoms. The highest BCUT2D eigenvalue weighted by Crippen LogP contribution is 2.32. The summed E-state index contributed by atoms with van der Waals surface area (Å²) in [6, 6.07) is 13.4.